The molecule has 0 fully saturated rings. The van der Waals surface area contributed by atoms with E-state index in [0.29, 0.717) is 27.2 Å². The van der Waals surface area contributed by atoms with Crippen LogP contribution in [0.25, 0.3) is 0 Å². The van der Waals surface area contributed by atoms with E-state index in [9.17, 15) is 13.2 Å². The summed E-state index contributed by atoms with van der Waals surface area (Å²) in [7, 11) is -3.99. The van der Waals surface area contributed by atoms with Gasteiger partial charge in [0.25, 0.3) is 0 Å². The molecular weight excluding hydrogens is 443 g/mol. The highest BCUT2D eigenvalue weighted by Crippen LogP contribution is 2.28. The van der Waals surface area contributed by atoms with Gasteiger partial charge in [0.15, 0.2) is 0 Å². The second-order valence-corrected chi connectivity index (χ2v) is 9.81. The number of hydrogen-bond donors (Lipinski definition) is 1. The van der Waals surface area contributed by atoms with E-state index in [1.165, 1.54) is 24.3 Å². The third-order valence-corrected chi connectivity index (χ3v) is 6.64. The van der Waals surface area contributed by atoms with Crippen molar-refractivity contribution in [3.8, 4) is 0 Å². The predicted molar refractivity (Wildman–Crippen MR) is 113 cm³/mol. The van der Waals surface area contributed by atoms with E-state index in [-0.39, 0.29) is 23.9 Å². The van der Waals surface area contributed by atoms with Crippen molar-refractivity contribution >= 4 is 50.7 Å². The molecule has 0 radical (unpaired) electrons. The Balaban J connectivity index is 2.37. The Labute approximate surface area is 180 Å². The van der Waals surface area contributed by atoms with Gasteiger partial charge in [-0.05, 0) is 42.3 Å². The van der Waals surface area contributed by atoms with Crippen LogP contribution in [0.4, 0.5) is 0 Å². The summed E-state index contributed by atoms with van der Waals surface area (Å²) in [6.07, 6.45) is 0. The van der Waals surface area contributed by atoms with Crippen LogP contribution in [0.3, 0.4) is 0 Å². The number of halogens is 3. The summed E-state index contributed by atoms with van der Waals surface area (Å²) in [5, 5.41) is 3.79. The Morgan fingerprint density at radius 3 is 2.14 bits per heavy atom. The van der Waals surface area contributed by atoms with E-state index < -0.39 is 15.9 Å². The monoisotopic (exact) mass is 462 g/mol. The second-order valence-electron chi connectivity index (χ2n) is 6.63. The van der Waals surface area contributed by atoms with Crippen molar-refractivity contribution in [2.24, 2.45) is 5.92 Å². The molecule has 0 aliphatic rings. The van der Waals surface area contributed by atoms with Gasteiger partial charge < -0.3 is 5.32 Å². The van der Waals surface area contributed by atoms with Crippen LogP contribution in [0.2, 0.25) is 15.1 Å². The van der Waals surface area contributed by atoms with Gasteiger partial charge >= 0.3 is 0 Å². The minimum absolute atomic E-state index is 0.0248. The quantitative estimate of drug-likeness (QED) is 0.621. The SMILES string of the molecule is CC(C)CNC(=O)CN(Cc1c(Cl)cccc1Cl)S(=O)(=O)c1ccc(Cl)cc1. The molecule has 0 saturated heterocycles. The van der Waals surface area contributed by atoms with Gasteiger partial charge in [-0.3, -0.25) is 4.79 Å². The number of benzene rings is 2. The number of carbonyl (C=O) groups is 1. The van der Waals surface area contributed by atoms with Crippen LogP contribution in [0.1, 0.15) is 19.4 Å². The van der Waals surface area contributed by atoms with Crippen molar-refractivity contribution < 1.29 is 13.2 Å². The number of nitrogens with zero attached hydrogens (tertiary/aromatic N) is 1. The number of sulfonamides is 1. The molecule has 2 rings (SSSR count). The maximum absolute atomic E-state index is 13.2. The van der Waals surface area contributed by atoms with E-state index >= 15 is 0 Å². The Hall–Kier alpha value is -1.31. The molecule has 0 spiro atoms. The summed E-state index contributed by atoms with van der Waals surface area (Å²) >= 11 is 18.3. The van der Waals surface area contributed by atoms with Crippen LogP contribution < -0.4 is 5.32 Å². The number of nitrogens with one attached hydrogen (secondary N) is 1. The lowest BCUT2D eigenvalue weighted by atomic mass is 10.2. The topological polar surface area (TPSA) is 66.5 Å². The van der Waals surface area contributed by atoms with E-state index in [1.807, 2.05) is 13.8 Å². The van der Waals surface area contributed by atoms with Gasteiger partial charge in [0, 0.05) is 33.7 Å². The zero-order chi connectivity index (χ0) is 20.9. The van der Waals surface area contributed by atoms with Crippen molar-refractivity contribution in [3.63, 3.8) is 0 Å². The summed E-state index contributed by atoms with van der Waals surface area (Å²) in [6, 6.07) is 10.7. The van der Waals surface area contributed by atoms with E-state index in [0.717, 1.165) is 4.31 Å². The second kappa shape index (κ2) is 9.94. The van der Waals surface area contributed by atoms with Crippen LogP contribution >= 0.6 is 34.8 Å². The van der Waals surface area contributed by atoms with Gasteiger partial charge in [0.1, 0.15) is 0 Å². The molecule has 152 valence electrons. The lowest BCUT2D eigenvalue weighted by Gasteiger charge is -2.23. The first-order valence-corrected chi connectivity index (χ1v) is 11.1. The third kappa shape index (κ3) is 6.09. The Morgan fingerprint density at radius 2 is 1.61 bits per heavy atom. The molecule has 0 heterocycles. The fraction of sp³-hybridized carbons (Fsp3) is 0.316. The average Bonchev–Trinajstić information content (AvgIpc) is 2.62. The van der Waals surface area contributed by atoms with Crippen LogP contribution in [0.5, 0.6) is 0 Å². The van der Waals surface area contributed by atoms with Gasteiger partial charge in [-0.2, -0.15) is 4.31 Å². The van der Waals surface area contributed by atoms with E-state index in [1.54, 1.807) is 18.2 Å². The van der Waals surface area contributed by atoms with Crippen LogP contribution in [0.15, 0.2) is 47.4 Å². The zero-order valence-corrected chi connectivity index (χ0v) is 18.5. The summed E-state index contributed by atoms with van der Waals surface area (Å²) in [6.45, 7) is 3.84. The minimum Gasteiger partial charge on any atom is -0.355 e. The molecule has 0 saturated carbocycles. The van der Waals surface area contributed by atoms with Crippen molar-refractivity contribution in [2.45, 2.75) is 25.3 Å². The maximum atomic E-state index is 13.2. The van der Waals surface area contributed by atoms with Gasteiger partial charge in [-0.1, -0.05) is 54.7 Å². The lowest BCUT2D eigenvalue weighted by molar-refractivity contribution is -0.121. The molecule has 0 atom stereocenters. The smallest absolute Gasteiger partial charge is 0.243 e. The molecule has 0 aliphatic carbocycles. The molecule has 0 aromatic heterocycles. The van der Waals surface area contributed by atoms with Gasteiger partial charge in [-0.25, -0.2) is 8.42 Å². The first kappa shape index (κ1) is 23.0. The summed E-state index contributed by atoms with van der Waals surface area (Å²) < 4.78 is 27.4. The normalized spacial score (nSPS) is 11.8. The Kier molecular flexibility index (Phi) is 8.16. The fourth-order valence-corrected chi connectivity index (χ4v) is 4.38. The summed E-state index contributed by atoms with van der Waals surface area (Å²) in [4.78, 5) is 12.4. The van der Waals surface area contributed by atoms with Crippen molar-refractivity contribution in [3.05, 3.63) is 63.1 Å². The van der Waals surface area contributed by atoms with Crippen molar-refractivity contribution in [2.75, 3.05) is 13.1 Å². The molecule has 0 unspecified atom stereocenters. The molecule has 2 aromatic carbocycles. The highest BCUT2D eigenvalue weighted by Gasteiger charge is 2.28. The Bertz CT molecular complexity index is 912. The lowest BCUT2D eigenvalue weighted by Crippen LogP contribution is -2.41. The van der Waals surface area contributed by atoms with E-state index in [4.69, 9.17) is 34.8 Å². The number of carbonyl (C=O) groups excluding carboxylic acids is 1. The van der Waals surface area contributed by atoms with Gasteiger partial charge in [0.05, 0.1) is 11.4 Å². The zero-order valence-electron chi connectivity index (χ0n) is 15.5. The van der Waals surface area contributed by atoms with Crippen molar-refractivity contribution in [1.82, 2.24) is 9.62 Å². The maximum Gasteiger partial charge on any atom is 0.243 e. The van der Waals surface area contributed by atoms with Crippen LogP contribution in [0, 0.1) is 5.92 Å². The first-order chi connectivity index (χ1) is 13.1. The molecule has 5 nitrogen and oxygen atoms in total. The van der Waals surface area contributed by atoms with Crippen LogP contribution in [-0.4, -0.2) is 31.7 Å². The largest absolute Gasteiger partial charge is 0.355 e. The summed E-state index contributed by atoms with van der Waals surface area (Å²) in [5.74, 6) is -0.169. The van der Waals surface area contributed by atoms with Gasteiger partial charge in [-0.15, -0.1) is 0 Å². The van der Waals surface area contributed by atoms with Gasteiger partial charge in [0.2, 0.25) is 15.9 Å². The van der Waals surface area contributed by atoms with E-state index in [2.05, 4.69) is 5.32 Å². The highest BCUT2D eigenvalue weighted by atomic mass is 35.5. The molecular formula is C19H21Cl3N2O3S. The molecule has 2 aromatic rings. The predicted octanol–water partition coefficient (Wildman–Crippen LogP) is 4.61. The minimum atomic E-state index is -3.99. The molecule has 9 heteroatoms. The molecule has 0 aliphatic heterocycles. The fourth-order valence-electron chi connectivity index (χ4n) is 2.38. The standard InChI is InChI=1S/C19H21Cl3N2O3S/c1-13(2)10-23-19(25)12-24(11-16-17(21)4-3-5-18(16)22)28(26,27)15-8-6-14(20)7-9-15/h3-9,13H,10-12H2,1-2H3,(H,23,25). The molecule has 1 N–H and O–H groups in total. The first-order valence-electron chi connectivity index (χ1n) is 8.56. The molecule has 0 bridgehead atoms. The molecule has 28 heavy (non-hydrogen) atoms. The number of rotatable bonds is 8. The third-order valence-electron chi connectivity index (χ3n) is 3.88. The Morgan fingerprint density at radius 1 is 1.04 bits per heavy atom. The highest BCUT2D eigenvalue weighted by molar-refractivity contribution is 7.89. The number of amides is 1. The van der Waals surface area contributed by atoms with Crippen molar-refractivity contribution in [1.29, 1.82) is 0 Å². The summed E-state index contributed by atoms with van der Waals surface area (Å²) in [5.41, 5.74) is 0.431. The van der Waals surface area contributed by atoms with Crippen LogP contribution in [-0.2, 0) is 21.4 Å². The number of hydrogen-bond acceptors (Lipinski definition) is 3. The molecule has 1 amide bonds. The average molecular weight is 464 g/mol.